The van der Waals surface area contributed by atoms with Crippen LogP contribution in [0.5, 0.6) is 0 Å². The minimum Gasteiger partial charge on any atom is -0.322 e. The van der Waals surface area contributed by atoms with E-state index < -0.39 is 11.7 Å². The van der Waals surface area contributed by atoms with Crippen LogP contribution in [0.1, 0.15) is 21.5 Å². The summed E-state index contributed by atoms with van der Waals surface area (Å²) in [6, 6.07) is 12.0. The van der Waals surface area contributed by atoms with Gasteiger partial charge in [0.25, 0.3) is 5.91 Å². The summed E-state index contributed by atoms with van der Waals surface area (Å²) in [7, 11) is 3.99. The molecule has 0 aliphatic rings. The largest absolute Gasteiger partial charge is 0.322 e. The molecule has 2 aromatic carbocycles. The van der Waals surface area contributed by atoms with E-state index in [1.54, 1.807) is 12.1 Å². The van der Waals surface area contributed by atoms with Crippen molar-refractivity contribution >= 4 is 11.6 Å². The average molecular weight is 286 g/mol. The highest BCUT2D eigenvalue weighted by Gasteiger charge is 2.12. The third-order valence-corrected chi connectivity index (χ3v) is 3.08. The number of carbonyl (C=O) groups is 1. The van der Waals surface area contributed by atoms with Gasteiger partial charge in [-0.2, -0.15) is 0 Å². The molecule has 2 rings (SSSR count). The molecule has 0 saturated carbocycles. The van der Waals surface area contributed by atoms with Gasteiger partial charge in [0.1, 0.15) is 5.82 Å². The number of hydrogen-bond acceptors (Lipinski definition) is 2. The van der Waals surface area contributed by atoms with Gasteiger partial charge in [0.15, 0.2) is 0 Å². The van der Waals surface area contributed by atoms with Crippen molar-refractivity contribution in [3.63, 3.8) is 0 Å². The lowest BCUT2D eigenvalue weighted by molar-refractivity contribution is 0.102. The molecule has 3 nitrogen and oxygen atoms in total. The van der Waals surface area contributed by atoms with Gasteiger partial charge in [0.05, 0.1) is 5.56 Å². The van der Waals surface area contributed by atoms with E-state index in [2.05, 4.69) is 10.2 Å². The maximum Gasteiger partial charge on any atom is 0.258 e. The second-order valence-electron chi connectivity index (χ2n) is 5.37. The fourth-order valence-corrected chi connectivity index (χ4v) is 2.07. The molecule has 110 valence electrons. The fraction of sp³-hybridized carbons (Fsp3) is 0.235. The van der Waals surface area contributed by atoms with E-state index in [-0.39, 0.29) is 5.56 Å². The van der Waals surface area contributed by atoms with Crippen molar-refractivity contribution in [2.45, 2.75) is 13.5 Å². The molecule has 4 heteroatoms. The zero-order chi connectivity index (χ0) is 15.4. The molecule has 0 spiro atoms. The summed E-state index contributed by atoms with van der Waals surface area (Å²) in [5, 5.41) is 2.71. The Kier molecular flexibility index (Phi) is 4.70. The minimum absolute atomic E-state index is 0.0624. The highest BCUT2D eigenvalue weighted by molar-refractivity contribution is 6.04. The van der Waals surface area contributed by atoms with Crippen LogP contribution in [-0.2, 0) is 6.54 Å². The maximum absolute atomic E-state index is 13.7. The number of halogens is 1. The second kappa shape index (κ2) is 6.50. The molecule has 0 bridgehead atoms. The van der Waals surface area contributed by atoms with Crippen LogP contribution in [0.4, 0.5) is 10.1 Å². The van der Waals surface area contributed by atoms with Gasteiger partial charge >= 0.3 is 0 Å². The molecule has 21 heavy (non-hydrogen) atoms. The van der Waals surface area contributed by atoms with Crippen molar-refractivity contribution in [2.75, 3.05) is 19.4 Å². The zero-order valence-electron chi connectivity index (χ0n) is 12.5. The molecule has 0 atom stereocenters. The lowest BCUT2D eigenvalue weighted by Crippen LogP contribution is -2.14. The molecule has 0 aromatic heterocycles. The first-order valence-electron chi connectivity index (χ1n) is 6.77. The quantitative estimate of drug-likeness (QED) is 0.933. The molecule has 0 radical (unpaired) electrons. The summed E-state index contributed by atoms with van der Waals surface area (Å²) < 4.78 is 13.7. The smallest absolute Gasteiger partial charge is 0.258 e. The van der Waals surface area contributed by atoms with E-state index in [1.807, 2.05) is 45.3 Å². The minimum atomic E-state index is -0.512. The van der Waals surface area contributed by atoms with Gasteiger partial charge in [-0.1, -0.05) is 23.8 Å². The third-order valence-electron chi connectivity index (χ3n) is 3.08. The van der Waals surface area contributed by atoms with Gasteiger partial charge in [0, 0.05) is 12.2 Å². The number of rotatable bonds is 4. The molecule has 1 amide bonds. The van der Waals surface area contributed by atoms with Gasteiger partial charge in [-0.25, -0.2) is 4.39 Å². The van der Waals surface area contributed by atoms with Crippen LogP contribution in [-0.4, -0.2) is 24.9 Å². The molecule has 0 unspecified atom stereocenters. The van der Waals surface area contributed by atoms with E-state index in [1.165, 1.54) is 6.07 Å². The first-order valence-corrected chi connectivity index (χ1v) is 6.77. The van der Waals surface area contributed by atoms with Crippen molar-refractivity contribution < 1.29 is 9.18 Å². The molecule has 0 fully saturated rings. The molecular formula is C17H19FN2O. The molecule has 0 aliphatic heterocycles. The summed E-state index contributed by atoms with van der Waals surface area (Å²) in [5.74, 6) is -0.945. The standard InChI is InChI=1S/C17H19FN2O/c1-12-4-9-16(18)15(10-12)17(21)19-14-7-5-13(6-8-14)11-20(2)3/h4-10H,11H2,1-3H3,(H,19,21). The molecular weight excluding hydrogens is 267 g/mol. The van der Waals surface area contributed by atoms with Crippen LogP contribution >= 0.6 is 0 Å². The van der Waals surface area contributed by atoms with E-state index in [9.17, 15) is 9.18 Å². The average Bonchev–Trinajstić information content (AvgIpc) is 2.43. The Hall–Kier alpha value is -2.20. The summed E-state index contributed by atoms with van der Waals surface area (Å²) >= 11 is 0. The van der Waals surface area contributed by atoms with E-state index in [0.29, 0.717) is 5.69 Å². The van der Waals surface area contributed by atoms with Crippen molar-refractivity contribution in [3.8, 4) is 0 Å². The zero-order valence-corrected chi connectivity index (χ0v) is 12.5. The lowest BCUT2D eigenvalue weighted by Gasteiger charge is -2.11. The SMILES string of the molecule is Cc1ccc(F)c(C(=O)Nc2ccc(CN(C)C)cc2)c1. The van der Waals surface area contributed by atoms with Crippen LogP contribution in [0.15, 0.2) is 42.5 Å². The van der Waals surface area contributed by atoms with Crippen molar-refractivity contribution in [1.29, 1.82) is 0 Å². The van der Waals surface area contributed by atoms with Crippen molar-refractivity contribution in [1.82, 2.24) is 4.90 Å². The van der Waals surface area contributed by atoms with Gasteiger partial charge in [-0.15, -0.1) is 0 Å². The predicted molar refractivity (Wildman–Crippen MR) is 82.9 cm³/mol. The number of nitrogens with one attached hydrogen (secondary N) is 1. The first kappa shape index (κ1) is 15.2. The number of carbonyl (C=O) groups excluding carboxylic acids is 1. The van der Waals surface area contributed by atoms with Crippen LogP contribution < -0.4 is 5.32 Å². The van der Waals surface area contributed by atoms with Crippen molar-refractivity contribution in [2.24, 2.45) is 0 Å². The normalized spacial score (nSPS) is 10.7. The van der Waals surface area contributed by atoms with E-state index >= 15 is 0 Å². The van der Waals surface area contributed by atoms with Crippen LogP contribution in [0, 0.1) is 12.7 Å². The third kappa shape index (κ3) is 4.13. The first-order chi connectivity index (χ1) is 9.95. The monoisotopic (exact) mass is 286 g/mol. The summed E-state index contributed by atoms with van der Waals surface area (Å²) in [4.78, 5) is 14.2. The summed E-state index contributed by atoms with van der Waals surface area (Å²) in [6.45, 7) is 2.66. The lowest BCUT2D eigenvalue weighted by atomic mass is 10.1. The second-order valence-corrected chi connectivity index (χ2v) is 5.37. The predicted octanol–water partition coefficient (Wildman–Crippen LogP) is 3.45. The molecule has 2 aromatic rings. The van der Waals surface area contributed by atoms with Gasteiger partial charge < -0.3 is 10.2 Å². The molecule has 0 heterocycles. The number of nitrogens with zero attached hydrogens (tertiary/aromatic N) is 1. The number of benzene rings is 2. The molecule has 0 aliphatic carbocycles. The van der Waals surface area contributed by atoms with Gasteiger partial charge in [-0.3, -0.25) is 4.79 Å². The van der Waals surface area contributed by atoms with Gasteiger partial charge in [0.2, 0.25) is 0 Å². The summed E-state index contributed by atoms with van der Waals surface area (Å²) in [5.41, 5.74) is 2.72. The van der Waals surface area contributed by atoms with Crippen LogP contribution in [0.25, 0.3) is 0 Å². The topological polar surface area (TPSA) is 32.3 Å². The number of anilines is 1. The van der Waals surface area contributed by atoms with Crippen LogP contribution in [0.3, 0.4) is 0 Å². The van der Waals surface area contributed by atoms with E-state index in [0.717, 1.165) is 17.7 Å². The Morgan fingerprint density at radius 2 is 1.81 bits per heavy atom. The molecule has 1 N–H and O–H groups in total. The Morgan fingerprint density at radius 1 is 1.14 bits per heavy atom. The van der Waals surface area contributed by atoms with E-state index in [4.69, 9.17) is 0 Å². The Balaban J connectivity index is 2.10. The molecule has 0 saturated heterocycles. The Morgan fingerprint density at radius 3 is 2.43 bits per heavy atom. The highest BCUT2D eigenvalue weighted by Crippen LogP contribution is 2.15. The number of aryl methyl sites for hydroxylation is 1. The van der Waals surface area contributed by atoms with Crippen LogP contribution in [0.2, 0.25) is 0 Å². The Bertz CT molecular complexity index is 636. The number of hydrogen-bond donors (Lipinski definition) is 1. The fourth-order valence-electron chi connectivity index (χ4n) is 2.07. The summed E-state index contributed by atoms with van der Waals surface area (Å²) in [6.07, 6.45) is 0. The Labute approximate surface area is 124 Å². The maximum atomic E-state index is 13.7. The highest BCUT2D eigenvalue weighted by atomic mass is 19.1. The number of amides is 1. The van der Waals surface area contributed by atoms with Gasteiger partial charge in [-0.05, 0) is 50.8 Å². The van der Waals surface area contributed by atoms with Crippen molar-refractivity contribution in [3.05, 3.63) is 65.0 Å².